The maximum absolute atomic E-state index is 12.9. The van der Waals surface area contributed by atoms with E-state index in [4.69, 9.17) is 0 Å². The van der Waals surface area contributed by atoms with Crippen molar-refractivity contribution in [2.24, 2.45) is 0 Å². The van der Waals surface area contributed by atoms with Crippen molar-refractivity contribution in [2.75, 3.05) is 16.0 Å². The van der Waals surface area contributed by atoms with Crippen LogP contribution in [-0.4, -0.2) is 26.6 Å². The molecule has 0 aliphatic carbocycles. The summed E-state index contributed by atoms with van der Waals surface area (Å²) < 4.78 is 0. The van der Waals surface area contributed by atoms with E-state index in [-0.39, 0.29) is 17.2 Å². The summed E-state index contributed by atoms with van der Waals surface area (Å²) in [6.07, 6.45) is 0. The molecule has 0 aliphatic heterocycles. The Morgan fingerprint density at radius 3 is 1.74 bits per heavy atom. The summed E-state index contributed by atoms with van der Waals surface area (Å²) in [7, 11) is 0. The van der Waals surface area contributed by atoms with Crippen molar-refractivity contribution >= 4 is 51.6 Å². The summed E-state index contributed by atoms with van der Waals surface area (Å²) in [5.41, 5.74) is -2.42. The SMILES string of the molecule is CC(=O)Nc1ccc(NC(=O)c2ccccc2Nc2c([N+](=O)[O-])cc([N+](=O)[O-])cc2[N+](=O)[O-])cc1. The highest BCUT2D eigenvalue weighted by molar-refractivity contribution is 6.09. The molecule has 3 rings (SSSR count). The Morgan fingerprint density at radius 2 is 1.26 bits per heavy atom. The molecular weight excluding hydrogens is 464 g/mol. The number of hydrogen-bond donors (Lipinski definition) is 3. The standard InChI is InChI=1S/C21H16N6O8/c1-12(28)22-13-6-8-14(9-7-13)23-21(29)16-4-2-3-5-17(16)24-20-18(26(32)33)10-15(25(30)31)11-19(20)27(34)35/h2-11,24H,1H3,(H,22,28)(H,23,29). The highest BCUT2D eigenvalue weighted by atomic mass is 16.6. The third-order valence-electron chi connectivity index (χ3n) is 4.58. The number of benzene rings is 3. The van der Waals surface area contributed by atoms with Gasteiger partial charge in [0.05, 0.1) is 38.2 Å². The molecule has 3 N–H and O–H groups in total. The smallest absolute Gasteiger partial charge is 0.306 e. The highest BCUT2D eigenvalue weighted by Gasteiger charge is 2.31. The van der Waals surface area contributed by atoms with Crippen LogP contribution in [0.4, 0.5) is 39.8 Å². The number of carbonyl (C=O) groups excluding carboxylic acids is 2. The molecule has 0 radical (unpaired) electrons. The maximum Gasteiger partial charge on any atom is 0.306 e. The van der Waals surface area contributed by atoms with Gasteiger partial charge in [0.15, 0.2) is 5.69 Å². The average Bonchev–Trinajstić information content (AvgIpc) is 2.79. The van der Waals surface area contributed by atoms with Gasteiger partial charge in [0, 0.05) is 18.3 Å². The van der Waals surface area contributed by atoms with Gasteiger partial charge in [0.25, 0.3) is 11.6 Å². The van der Waals surface area contributed by atoms with Gasteiger partial charge in [-0.25, -0.2) is 0 Å². The Hall–Kier alpha value is -5.40. The molecule has 14 heteroatoms. The summed E-state index contributed by atoms with van der Waals surface area (Å²) in [5.74, 6) is -0.913. The van der Waals surface area contributed by atoms with Crippen LogP contribution in [0.25, 0.3) is 0 Å². The summed E-state index contributed by atoms with van der Waals surface area (Å²) in [5, 5.41) is 41.9. The van der Waals surface area contributed by atoms with Crippen molar-refractivity contribution in [3.8, 4) is 0 Å². The zero-order valence-corrected chi connectivity index (χ0v) is 17.9. The minimum Gasteiger partial charge on any atom is -0.344 e. The van der Waals surface area contributed by atoms with Gasteiger partial charge in [0.2, 0.25) is 5.91 Å². The lowest BCUT2D eigenvalue weighted by molar-refractivity contribution is -0.401. The summed E-state index contributed by atoms with van der Waals surface area (Å²) in [6.45, 7) is 1.35. The second-order valence-electron chi connectivity index (χ2n) is 7.01. The number of nitrogens with one attached hydrogen (secondary N) is 3. The lowest BCUT2D eigenvalue weighted by atomic mass is 10.1. The van der Waals surface area contributed by atoms with Crippen LogP contribution in [-0.2, 0) is 4.79 Å². The molecule has 0 saturated heterocycles. The van der Waals surface area contributed by atoms with E-state index >= 15 is 0 Å². The molecule has 2 amide bonds. The molecule has 0 saturated carbocycles. The second-order valence-corrected chi connectivity index (χ2v) is 7.01. The number of nitrogens with zero attached hydrogens (tertiary/aromatic N) is 3. The van der Waals surface area contributed by atoms with E-state index in [1.54, 1.807) is 12.1 Å². The number of nitro benzene ring substituents is 3. The molecule has 3 aromatic rings. The van der Waals surface area contributed by atoms with E-state index in [2.05, 4.69) is 16.0 Å². The second kappa shape index (κ2) is 10.0. The van der Waals surface area contributed by atoms with Crippen LogP contribution in [0, 0.1) is 30.3 Å². The van der Waals surface area contributed by atoms with Crippen LogP contribution in [0.1, 0.15) is 17.3 Å². The lowest BCUT2D eigenvalue weighted by Crippen LogP contribution is -2.14. The predicted molar refractivity (Wildman–Crippen MR) is 125 cm³/mol. The molecule has 0 atom stereocenters. The molecule has 0 aliphatic rings. The first-order valence-corrected chi connectivity index (χ1v) is 9.73. The lowest BCUT2D eigenvalue weighted by Gasteiger charge is -2.13. The van der Waals surface area contributed by atoms with Crippen LogP contribution in [0.2, 0.25) is 0 Å². The van der Waals surface area contributed by atoms with Crippen molar-refractivity contribution in [3.05, 3.63) is 96.6 Å². The van der Waals surface area contributed by atoms with Gasteiger partial charge in [-0.1, -0.05) is 12.1 Å². The topological polar surface area (TPSA) is 200 Å². The van der Waals surface area contributed by atoms with Crippen molar-refractivity contribution in [3.63, 3.8) is 0 Å². The number of anilines is 4. The van der Waals surface area contributed by atoms with E-state index in [1.807, 2.05) is 0 Å². The molecule has 3 aromatic carbocycles. The van der Waals surface area contributed by atoms with Gasteiger partial charge < -0.3 is 16.0 Å². The fraction of sp³-hybridized carbons (Fsp3) is 0.0476. The number of carbonyl (C=O) groups is 2. The minimum atomic E-state index is -0.998. The molecule has 0 spiro atoms. The Balaban J connectivity index is 1.97. The predicted octanol–water partition coefficient (Wildman–Crippen LogP) is 4.37. The van der Waals surface area contributed by atoms with Crippen molar-refractivity contribution in [2.45, 2.75) is 6.92 Å². The fourth-order valence-corrected chi connectivity index (χ4v) is 3.08. The molecule has 0 unspecified atom stereocenters. The Kier molecular flexibility index (Phi) is 6.95. The van der Waals surface area contributed by atoms with Crippen LogP contribution in [0.3, 0.4) is 0 Å². The van der Waals surface area contributed by atoms with E-state index in [0.717, 1.165) is 0 Å². The number of rotatable bonds is 8. The fourth-order valence-electron chi connectivity index (χ4n) is 3.08. The summed E-state index contributed by atoms with van der Waals surface area (Å²) in [6, 6.07) is 13.1. The van der Waals surface area contributed by atoms with Crippen LogP contribution >= 0.6 is 0 Å². The summed E-state index contributed by atoms with van der Waals surface area (Å²) >= 11 is 0. The molecule has 0 heterocycles. The molecule has 178 valence electrons. The Morgan fingerprint density at radius 1 is 0.743 bits per heavy atom. The molecule has 0 aromatic heterocycles. The Labute approximate surface area is 196 Å². The zero-order chi connectivity index (χ0) is 25.7. The number of non-ortho nitro benzene ring substituents is 1. The number of amides is 2. The number of para-hydroxylation sites is 1. The first-order chi connectivity index (χ1) is 16.6. The number of hydrogen-bond acceptors (Lipinski definition) is 9. The van der Waals surface area contributed by atoms with Gasteiger partial charge in [-0.15, -0.1) is 0 Å². The van der Waals surface area contributed by atoms with E-state index in [0.29, 0.717) is 23.5 Å². The highest BCUT2D eigenvalue weighted by Crippen LogP contribution is 2.40. The van der Waals surface area contributed by atoms with E-state index < -0.39 is 43.4 Å². The van der Waals surface area contributed by atoms with Crippen LogP contribution < -0.4 is 16.0 Å². The number of nitro groups is 3. The van der Waals surface area contributed by atoms with Gasteiger partial charge in [0.1, 0.15) is 0 Å². The monoisotopic (exact) mass is 480 g/mol. The molecule has 0 bridgehead atoms. The van der Waals surface area contributed by atoms with Gasteiger partial charge in [-0.2, -0.15) is 0 Å². The van der Waals surface area contributed by atoms with Crippen LogP contribution in [0.5, 0.6) is 0 Å². The van der Waals surface area contributed by atoms with Gasteiger partial charge in [-0.3, -0.25) is 39.9 Å². The van der Waals surface area contributed by atoms with Crippen molar-refractivity contribution in [1.29, 1.82) is 0 Å². The maximum atomic E-state index is 12.9. The normalized spacial score (nSPS) is 10.2. The third kappa shape index (κ3) is 5.70. The first-order valence-electron chi connectivity index (χ1n) is 9.73. The third-order valence-corrected chi connectivity index (χ3v) is 4.58. The summed E-state index contributed by atoms with van der Waals surface area (Å²) in [4.78, 5) is 55.2. The van der Waals surface area contributed by atoms with Crippen LogP contribution in [0.15, 0.2) is 60.7 Å². The first kappa shape index (κ1) is 24.2. The molecule has 0 fully saturated rings. The molecular formula is C21H16N6O8. The van der Waals surface area contributed by atoms with Crippen molar-refractivity contribution < 1.29 is 24.4 Å². The van der Waals surface area contributed by atoms with Gasteiger partial charge >= 0.3 is 11.4 Å². The van der Waals surface area contributed by atoms with E-state index in [1.165, 1.54) is 43.3 Å². The van der Waals surface area contributed by atoms with Crippen molar-refractivity contribution in [1.82, 2.24) is 0 Å². The minimum absolute atomic E-state index is 0.0135. The Bertz CT molecular complexity index is 1320. The molecule has 35 heavy (non-hydrogen) atoms. The average molecular weight is 480 g/mol. The zero-order valence-electron chi connectivity index (χ0n) is 17.9. The quantitative estimate of drug-likeness (QED) is 0.309. The van der Waals surface area contributed by atoms with E-state index in [9.17, 15) is 39.9 Å². The molecule has 14 nitrogen and oxygen atoms in total. The largest absolute Gasteiger partial charge is 0.344 e. The van der Waals surface area contributed by atoms with Gasteiger partial charge in [-0.05, 0) is 36.4 Å².